The van der Waals surface area contributed by atoms with Crippen LogP contribution in [-0.2, 0) is 4.79 Å². The molecule has 0 amide bonds. The van der Waals surface area contributed by atoms with Gasteiger partial charge in [-0.25, -0.2) is 0 Å². The van der Waals surface area contributed by atoms with E-state index in [-0.39, 0.29) is 17.7 Å². The predicted molar refractivity (Wildman–Crippen MR) is 72.0 cm³/mol. The molecule has 0 unspecified atom stereocenters. The maximum Gasteiger partial charge on any atom is 0.454 e. The molecule has 1 N–H and O–H groups in total. The molecule has 0 spiro atoms. The fourth-order valence-corrected chi connectivity index (χ4v) is 1.67. The van der Waals surface area contributed by atoms with E-state index in [0.29, 0.717) is 6.08 Å². The highest BCUT2D eigenvalue weighted by molar-refractivity contribution is 5.94. The average molecular weight is 285 g/mol. The smallest absolute Gasteiger partial charge is 0.382 e. The van der Waals surface area contributed by atoms with Gasteiger partial charge in [-0.1, -0.05) is 44.2 Å². The molecule has 20 heavy (non-hydrogen) atoms. The molecule has 2 nitrogen and oxygen atoms in total. The number of nitrogens with one attached hydrogen (secondary N) is 1. The second-order valence-corrected chi connectivity index (χ2v) is 4.89. The number of halogens is 3. The number of rotatable bonds is 5. The van der Waals surface area contributed by atoms with E-state index >= 15 is 0 Å². The Kier molecular flexibility index (Phi) is 5.36. The molecule has 0 fully saturated rings. The first kappa shape index (κ1) is 16.3. The molecule has 0 aliphatic carbocycles. The third-order valence-electron chi connectivity index (χ3n) is 2.87. The Hall–Kier alpha value is -1.78. The standard InChI is InChI=1S/C15H18F3NO/c1-10(2)13(9-14(20)15(16,17)18)19-11(3)12-7-5-4-6-8-12/h4-11,19H,1-3H3/b13-9-/t11-/m0/s1. The summed E-state index contributed by atoms with van der Waals surface area (Å²) in [5.41, 5.74) is 1.22. The van der Waals surface area contributed by atoms with Crippen LogP contribution in [0.5, 0.6) is 0 Å². The number of hydrogen-bond acceptors (Lipinski definition) is 2. The van der Waals surface area contributed by atoms with Gasteiger partial charge in [-0.2, -0.15) is 13.2 Å². The lowest BCUT2D eigenvalue weighted by Gasteiger charge is -2.21. The van der Waals surface area contributed by atoms with E-state index in [9.17, 15) is 18.0 Å². The summed E-state index contributed by atoms with van der Waals surface area (Å²) in [6, 6.07) is 9.15. The summed E-state index contributed by atoms with van der Waals surface area (Å²) >= 11 is 0. The topological polar surface area (TPSA) is 29.1 Å². The summed E-state index contributed by atoms with van der Waals surface area (Å²) in [5.74, 6) is -2.04. The fraction of sp³-hybridized carbons (Fsp3) is 0.400. The van der Waals surface area contributed by atoms with Crippen molar-refractivity contribution in [1.82, 2.24) is 5.32 Å². The van der Waals surface area contributed by atoms with Crippen molar-refractivity contribution >= 4 is 5.78 Å². The van der Waals surface area contributed by atoms with Crippen LogP contribution >= 0.6 is 0 Å². The van der Waals surface area contributed by atoms with Crippen LogP contribution in [0.3, 0.4) is 0 Å². The van der Waals surface area contributed by atoms with Crippen LogP contribution in [0.2, 0.25) is 0 Å². The van der Waals surface area contributed by atoms with E-state index in [1.807, 2.05) is 37.3 Å². The molecule has 1 aromatic rings. The van der Waals surface area contributed by atoms with Gasteiger partial charge in [-0.15, -0.1) is 0 Å². The van der Waals surface area contributed by atoms with Gasteiger partial charge in [-0.3, -0.25) is 4.79 Å². The van der Waals surface area contributed by atoms with Gasteiger partial charge in [0.2, 0.25) is 0 Å². The third-order valence-corrected chi connectivity index (χ3v) is 2.87. The molecule has 5 heteroatoms. The van der Waals surface area contributed by atoms with E-state index in [1.54, 1.807) is 13.8 Å². The predicted octanol–water partition coefficient (Wildman–Crippen LogP) is 4.01. The van der Waals surface area contributed by atoms with E-state index in [1.165, 1.54) is 0 Å². The van der Waals surface area contributed by atoms with Crippen LogP contribution in [0.4, 0.5) is 13.2 Å². The molecule has 0 saturated carbocycles. The number of benzene rings is 1. The Morgan fingerprint density at radius 1 is 1.15 bits per heavy atom. The Balaban J connectivity index is 2.89. The Morgan fingerprint density at radius 3 is 2.15 bits per heavy atom. The zero-order chi connectivity index (χ0) is 15.3. The summed E-state index contributed by atoms with van der Waals surface area (Å²) in [5, 5.41) is 2.98. The van der Waals surface area contributed by atoms with Crippen LogP contribution < -0.4 is 5.32 Å². The zero-order valence-corrected chi connectivity index (χ0v) is 11.7. The van der Waals surface area contributed by atoms with Gasteiger partial charge < -0.3 is 5.32 Å². The summed E-state index contributed by atoms with van der Waals surface area (Å²) in [4.78, 5) is 11.1. The average Bonchev–Trinajstić information content (AvgIpc) is 2.37. The number of carbonyl (C=O) groups is 1. The van der Waals surface area contributed by atoms with Crippen molar-refractivity contribution in [3.8, 4) is 0 Å². The Labute approximate surface area is 116 Å². The molecular weight excluding hydrogens is 267 g/mol. The second kappa shape index (κ2) is 6.59. The molecule has 1 rings (SSSR count). The maximum absolute atomic E-state index is 12.3. The zero-order valence-electron chi connectivity index (χ0n) is 11.7. The number of alkyl halides is 3. The third kappa shape index (κ3) is 4.72. The van der Waals surface area contributed by atoms with E-state index in [0.717, 1.165) is 5.56 Å². The summed E-state index contributed by atoms with van der Waals surface area (Å²) in [6.45, 7) is 5.31. The van der Waals surface area contributed by atoms with Crippen molar-refractivity contribution in [3.63, 3.8) is 0 Å². The quantitative estimate of drug-likeness (QED) is 0.828. The molecule has 1 aromatic carbocycles. The summed E-state index contributed by atoms with van der Waals surface area (Å²) in [6.07, 6.45) is -4.19. The van der Waals surface area contributed by atoms with Crippen LogP contribution in [0.1, 0.15) is 32.4 Å². The van der Waals surface area contributed by atoms with Gasteiger partial charge >= 0.3 is 6.18 Å². The number of carbonyl (C=O) groups excluding carboxylic acids is 1. The van der Waals surface area contributed by atoms with Crippen LogP contribution in [0, 0.1) is 5.92 Å². The van der Waals surface area contributed by atoms with Crippen LogP contribution in [0.25, 0.3) is 0 Å². The van der Waals surface area contributed by atoms with Gasteiger partial charge in [0.15, 0.2) is 0 Å². The molecular formula is C15H18F3NO. The molecule has 0 aromatic heterocycles. The molecule has 0 heterocycles. The minimum atomic E-state index is -4.84. The normalized spacial score (nSPS) is 14.2. The van der Waals surface area contributed by atoms with Gasteiger partial charge in [0.05, 0.1) is 0 Å². The van der Waals surface area contributed by atoms with Gasteiger partial charge in [-0.05, 0) is 18.4 Å². The van der Waals surface area contributed by atoms with Crippen molar-refractivity contribution in [2.24, 2.45) is 5.92 Å². The SMILES string of the molecule is CC(C)/C(=C/C(=O)C(F)(F)F)N[C@@H](C)c1ccccc1. The van der Waals surface area contributed by atoms with Crippen LogP contribution in [0.15, 0.2) is 42.1 Å². The van der Waals surface area contributed by atoms with E-state index in [2.05, 4.69) is 5.32 Å². The highest BCUT2D eigenvalue weighted by Crippen LogP contribution is 2.21. The molecule has 0 radical (unpaired) electrons. The maximum atomic E-state index is 12.3. The summed E-state index contributed by atoms with van der Waals surface area (Å²) < 4.78 is 36.9. The van der Waals surface area contributed by atoms with Crippen molar-refractivity contribution in [2.75, 3.05) is 0 Å². The van der Waals surface area contributed by atoms with Crippen molar-refractivity contribution < 1.29 is 18.0 Å². The monoisotopic (exact) mass is 285 g/mol. The van der Waals surface area contributed by atoms with E-state index < -0.39 is 12.0 Å². The Bertz CT molecular complexity index is 478. The van der Waals surface area contributed by atoms with Gasteiger partial charge in [0.1, 0.15) is 0 Å². The largest absolute Gasteiger partial charge is 0.454 e. The second-order valence-electron chi connectivity index (χ2n) is 4.89. The molecule has 0 saturated heterocycles. The fourth-order valence-electron chi connectivity index (χ4n) is 1.67. The minimum Gasteiger partial charge on any atom is -0.382 e. The minimum absolute atomic E-state index is 0.175. The summed E-state index contributed by atoms with van der Waals surface area (Å²) in [7, 11) is 0. The lowest BCUT2D eigenvalue weighted by Crippen LogP contribution is -2.26. The molecule has 0 aliphatic heterocycles. The number of allylic oxidation sites excluding steroid dienone is 2. The first-order valence-corrected chi connectivity index (χ1v) is 6.36. The molecule has 0 bridgehead atoms. The van der Waals surface area contributed by atoms with Gasteiger partial charge in [0.25, 0.3) is 5.78 Å². The number of hydrogen-bond donors (Lipinski definition) is 1. The first-order valence-electron chi connectivity index (χ1n) is 6.36. The number of ketones is 1. The van der Waals surface area contributed by atoms with Crippen molar-refractivity contribution in [1.29, 1.82) is 0 Å². The van der Waals surface area contributed by atoms with Crippen LogP contribution in [-0.4, -0.2) is 12.0 Å². The highest BCUT2D eigenvalue weighted by atomic mass is 19.4. The van der Waals surface area contributed by atoms with Gasteiger partial charge in [0, 0.05) is 17.8 Å². The van der Waals surface area contributed by atoms with Crippen molar-refractivity contribution in [3.05, 3.63) is 47.7 Å². The molecule has 1 atom stereocenters. The Morgan fingerprint density at radius 2 is 1.70 bits per heavy atom. The lowest BCUT2D eigenvalue weighted by molar-refractivity contribution is -0.165. The molecule has 110 valence electrons. The first-order chi connectivity index (χ1) is 9.21. The van der Waals surface area contributed by atoms with Crippen molar-refractivity contribution in [2.45, 2.75) is 33.0 Å². The highest BCUT2D eigenvalue weighted by Gasteiger charge is 2.37. The molecule has 0 aliphatic rings. The lowest BCUT2D eigenvalue weighted by atomic mass is 10.0. The van der Waals surface area contributed by atoms with E-state index in [4.69, 9.17) is 0 Å².